The number of benzene rings is 1. The highest BCUT2D eigenvalue weighted by Crippen LogP contribution is 2.40. The van der Waals surface area contributed by atoms with Crippen molar-refractivity contribution in [2.75, 3.05) is 5.32 Å². The van der Waals surface area contributed by atoms with Gasteiger partial charge in [0.15, 0.2) is 0 Å². The molecule has 1 N–H and O–H groups in total. The number of nitro benzene ring substituents is 1. The Morgan fingerprint density at radius 3 is 3.04 bits per heavy atom. The minimum Gasteiger partial charge on any atom is -0.325 e. The Labute approximate surface area is 163 Å². The number of thioether (sulfide) groups is 1. The van der Waals surface area contributed by atoms with E-state index >= 15 is 0 Å². The Bertz CT molecular complexity index is 1050. The summed E-state index contributed by atoms with van der Waals surface area (Å²) in [6.07, 6.45) is 4.81. The summed E-state index contributed by atoms with van der Waals surface area (Å²) in [4.78, 5) is 34.1. The molecule has 2 aromatic heterocycles. The summed E-state index contributed by atoms with van der Waals surface area (Å²) in [5.74, 6) is -0.223. The predicted octanol–water partition coefficient (Wildman–Crippen LogP) is 4.21. The van der Waals surface area contributed by atoms with Crippen LogP contribution in [0.15, 0.2) is 35.6 Å². The molecule has 1 unspecified atom stereocenters. The van der Waals surface area contributed by atoms with Gasteiger partial charge in [0.2, 0.25) is 5.91 Å². The fourth-order valence-corrected chi connectivity index (χ4v) is 5.39. The van der Waals surface area contributed by atoms with E-state index < -0.39 is 10.2 Å². The number of hydrogen-bond acceptors (Lipinski definition) is 7. The first kappa shape index (κ1) is 17.9. The molecular formula is C18H16N4O3S2. The summed E-state index contributed by atoms with van der Waals surface area (Å²) in [6, 6.07) is 5.93. The van der Waals surface area contributed by atoms with Crippen LogP contribution in [0.25, 0.3) is 10.2 Å². The van der Waals surface area contributed by atoms with Gasteiger partial charge in [0.25, 0.3) is 5.69 Å². The number of rotatable bonds is 5. The van der Waals surface area contributed by atoms with Gasteiger partial charge in [-0.3, -0.25) is 14.9 Å². The molecule has 0 saturated heterocycles. The second-order valence-electron chi connectivity index (χ2n) is 6.27. The Morgan fingerprint density at radius 1 is 1.37 bits per heavy atom. The number of carbonyl (C=O) groups is 1. The molecule has 4 rings (SSSR count). The topological polar surface area (TPSA) is 98.0 Å². The number of aromatic nitrogens is 2. The van der Waals surface area contributed by atoms with Gasteiger partial charge in [0, 0.05) is 28.1 Å². The molecule has 1 amide bonds. The van der Waals surface area contributed by atoms with E-state index in [4.69, 9.17) is 0 Å². The van der Waals surface area contributed by atoms with Gasteiger partial charge in [-0.25, -0.2) is 9.97 Å². The molecule has 3 aromatic rings. The third kappa shape index (κ3) is 3.52. The van der Waals surface area contributed by atoms with Gasteiger partial charge in [-0.15, -0.1) is 11.3 Å². The van der Waals surface area contributed by atoms with E-state index in [-0.39, 0.29) is 11.6 Å². The third-order valence-electron chi connectivity index (χ3n) is 4.45. The average Bonchev–Trinajstić information content (AvgIpc) is 3.23. The smallest absolute Gasteiger partial charge is 0.271 e. The quantitative estimate of drug-likeness (QED) is 0.298. The summed E-state index contributed by atoms with van der Waals surface area (Å²) < 4.78 is 0. The van der Waals surface area contributed by atoms with Crippen LogP contribution in [0.5, 0.6) is 0 Å². The first-order chi connectivity index (χ1) is 13.0. The Balaban J connectivity index is 1.53. The van der Waals surface area contributed by atoms with Crippen molar-refractivity contribution in [2.24, 2.45) is 0 Å². The van der Waals surface area contributed by atoms with Crippen LogP contribution >= 0.6 is 23.1 Å². The van der Waals surface area contributed by atoms with Crippen molar-refractivity contribution in [3.05, 3.63) is 51.1 Å². The van der Waals surface area contributed by atoms with Crippen LogP contribution < -0.4 is 5.32 Å². The van der Waals surface area contributed by atoms with E-state index in [0.29, 0.717) is 5.69 Å². The lowest BCUT2D eigenvalue weighted by atomic mass is 10.2. The number of hydrogen-bond donors (Lipinski definition) is 1. The van der Waals surface area contributed by atoms with E-state index in [1.54, 1.807) is 36.7 Å². The molecule has 138 valence electrons. The first-order valence-corrected chi connectivity index (χ1v) is 10.2. The monoisotopic (exact) mass is 400 g/mol. The predicted molar refractivity (Wildman–Crippen MR) is 106 cm³/mol. The van der Waals surface area contributed by atoms with E-state index in [2.05, 4.69) is 15.3 Å². The number of nitrogens with zero attached hydrogens (tertiary/aromatic N) is 3. The van der Waals surface area contributed by atoms with Crippen molar-refractivity contribution in [2.45, 2.75) is 36.5 Å². The van der Waals surface area contributed by atoms with Crippen LogP contribution in [0, 0.1) is 10.1 Å². The SMILES string of the molecule is CC(Sc1ncnc2sc3c(c12)CCC3)C(=O)Nc1cccc([N+](=O)[O-])c1. The summed E-state index contributed by atoms with van der Waals surface area (Å²) in [7, 11) is 0. The fraction of sp³-hybridized carbons (Fsp3) is 0.278. The van der Waals surface area contributed by atoms with Crippen LogP contribution in [0.1, 0.15) is 23.8 Å². The molecule has 0 fully saturated rings. The van der Waals surface area contributed by atoms with E-state index in [1.807, 2.05) is 0 Å². The molecule has 1 aromatic carbocycles. The molecule has 0 radical (unpaired) electrons. The van der Waals surface area contributed by atoms with Crippen molar-refractivity contribution < 1.29 is 9.72 Å². The van der Waals surface area contributed by atoms with Gasteiger partial charge in [0.05, 0.1) is 10.2 Å². The Morgan fingerprint density at radius 2 is 2.22 bits per heavy atom. The summed E-state index contributed by atoms with van der Waals surface area (Å²) in [5.41, 5.74) is 1.68. The molecule has 9 heteroatoms. The minimum atomic E-state index is -0.484. The lowest BCUT2D eigenvalue weighted by Crippen LogP contribution is -2.22. The zero-order valence-corrected chi connectivity index (χ0v) is 16.1. The molecule has 7 nitrogen and oxygen atoms in total. The molecule has 2 heterocycles. The number of carbonyl (C=O) groups excluding carboxylic acids is 1. The summed E-state index contributed by atoms with van der Waals surface area (Å²) >= 11 is 3.11. The molecule has 1 atom stereocenters. The molecule has 0 bridgehead atoms. The minimum absolute atomic E-state index is 0.0561. The number of aryl methyl sites for hydroxylation is 2. The van der Waals surface area contributed by atoms with E-state index in [1.165, 1.54) is 34.3 Å². The summed E-state index contributed by atoms with van der Waals surface area (Å²) in [5, 5.41) is 15.1. The maximum Gasteiger partial charge on any atom is 0.271 e. The van der Waals surface area contributed by atoms with Gasteiger partial charge in [-0.1, -0.05) is 17.8 Å². The maximum absolute atomic E-state index is 12.6. The zero-order chi connectivity index (χ0) is 19.0. The van der Waals surface area contributed by atoms with Gasteiger partial charge in [-0.2, -0.15) is 0 Å². The highest BCUT2D eigenvalue weighted by atomic mass is 32.2. The van der Waals surface area contributed by atoms with E-state index in [9.17, 15) is 14.9 Å². The van der Waals surface area contributed by atoms with Crippen molar-refractivity contribution in [3.63, 3.8) is 0 Å². The van der Waals surface area contributed by atoms with Crippen LogP contribution in [0.2, 0.25) is 0 Å². The molecule has 1 aliphatic carbocycles. The van der Waals surface area contributed by atoms with Gasteiger partial charge >= 0.3 is 0 Å². The number of anilines is 1. The molecule has 0 saturated carbocycles. The lowest BCUT2D eigenvalue weighted by molar-refractivity contribution is -0.384. The van der Waals surface area contributed by atoms with Gasteiger partial charge in [0.1, 0.15) is 16.2 Å². The van der Waals surface area contributed by atoms with Crippen molar-refractivity contribution in [1.29, 1.82) is 0 Å². The second kappa shape index (κ2) is 7.24. The number of thiophene rings is 1. The van der Waals surface area contributed by atoms with Crippen molar-refractivity contribution in [3.8, 4) is 0 Å². The number of nitro groups is 1. The standard InChI is InChI=1S/C18H16N4O3S2/c1-10(16(23)21-11-4-2-5-12(8-11)22(24)25)26-17-15-13-6-3-7-14(13)27-18(15)20-9-19-17/h2,4-5,8-10H,3,6-7H2,1H3,(H,21,23). The molecular weight excluding hydrogens is 384 g/mol. The normalized spacial score (nSPS) is 14.1. The summed E-state index contributed by atoms with van der Waals surface area (Å²) in [6.45, 7) is 1.80. The number of fused-ring (bicyclic) bond motifs is 3. The van der Waals surface area contributed by atoms with Crippen LogP contribution in [0.4, 0.5) is 11.4 Å². The van der Waals surface area contributed by atoms with Crippen molar-refractivity contribution in [1.82, 2.24) is 9.97 Å². The zero-order valence-electron chi connectivity index (χ0n) is 14.5. The van der Waals surface area contributed by atoms with Gasteiger partial charge < -0.3 is 5.32 Å². The third-order valence-corrected chi connectivity index (χ3v) is 6.75. The molecule has 27 heavy (non-hydrogen) atoms. The van der Waals surface area contributed by atoms with E-state index in [0.717, 1.165) is 34.5 Å². The Hall–Kier alpha value is -2.52. The number of amides is 1. The number of nitrogens with one attached hydrogen (secondary N) is 1. The molecule has 0 aliphatic heterocycles. The number of non-ortho nitro benzene ring substituents is 1. The highest BCUT2D eigenvalue weighted by Gasteiger charge is 2.24. The highest BCUT2D eigenvalue weighted by molar-refractivity contribution is 8.00. The van der Waals surface area contributed by atoms with Crippen molar-refractivity contribution >= 4 is 50.6 Å². The second-order valence-corrected chi connectivity index (χ2v) is 8.69. The first-order valence-electron chi connectivity index (χ1n) is 8.50. The van der Waals surface area contributed by atoms with Crippen LogP contribution in [-0.2, 0) is 17.6 Å². The molecule has 1 aliphatic rings. The largest absolute Gasteiger partial charge is 0.325 e. The average molecular weight is 400 g/mol. The molecule has 0 spiro atoms. The fourth-order valence-electron chi connectivity index (χ4n) is 3.15. The Kier molecular flexibility index (Phi) is 4.79. The van der Waals surface area contributed by atoms with Gasteiger partial charge in [-0.05, 0) is 37.8 Å². The van der Waals surface area contributed by atoms with Crippen LogP contribution in [-0.4, -0.2) is 26.0 Å². The maximum atomic E-state index is 12.6. The van der Waals surface area contributed by atoms with Crippen LogP contribution in [0.3, 0.4) is 0 Å². The lowest BCUT2D eigenvalue weighted by Gasteiger charge is -2.12.